The van der Waals surface area contributed by atoms with Gasteiger partial charge in [0.25, 0.3) is 0 Å². The molecule has 0 fully saturated rings. The first kappa shape index (κ1) is 11.9. The Bertz CT molecular complexity index is 184. The lowest BCUT2D eigenvalue weighted by molar-refractivity contribution is 0.129. The maximum absolute atomic E-state index is 9.11. The fourth-order valence-corrected chi connectivity index (χ4v) is 1.08. The highest BCUT2D eigenvalue weighted by Crippen LogP contribution is 1.96. The molecule has 4 nitrogen and oxygen atoms in total. The van der Waals surface area contributed by atoms with Crippen LogP contribution < -0.4 is 0 Å². The van der Waals surface area contributed by atoms with Gasteiger partial charge >= 0.3 is 0 Å². The summed E-state index contributed by atoms with van der Waals surface area (Å²) >= 11 is 0. The average molecular weight is 181 g/mol. The van der Waals surface area contributed by atoms with Gasteiger partial charge < -0.3 is 5.11 Å². The molecule has 0 aliphatic rings. The van der Waals surface area contributed by atoms with Crippen molar-refractivity contribution in [2.75, 3.05) is 19.6 Å². The van der Waals surface area contributed by atoms with Crippen LogP contribution in [0.15, 0.2) is 0 Å². The minimum absolute atomic E-state index is 0.405. The van der Waals surface area contributed by atoms with Crippen LogP contribution in [-0.2, 0) is 0 Å². The van der Waals surface area contributed by atoms with Crippen molar-refractivity contribution in [2.24, 2.45) is 0 Å². The lowest BCUT2D eigenvalue weighted by Gasteiger charge is -2.20. The van der Waals surface area contributed by atoms with Gasteiger partial charge in [-0.15, -0.1) is 0 Å². The molecule has 0 spiro atoms. The van der Waals surface area contributed by atoms with Gasteiger partial charge in [0.15, 0.2) is 0 Å². The molecule has 0 saturated heterocycles. The highest BCUT2D eigenvalue weighted by Gasteiger charge is 2.06. The Balaban J connectivity index is 3.75. The number of nitrogens with zero attached hydrogens (tertiary/aromatic N) is 3. The van der Waals surface area contributed by atoms with E-state index in [1.54, 1.807) is 6.92 Å². The average Bonchev–Trinajstić information content (AvgIpc) is 2.09. The standard InChI is InChI=1S/C9H15N3O/c1-9(13)8-12(6-2-4-10)7-3-5-11/h9,13H,2-3,6-8H2,1H3. The van der Waals surface area contributed by atoms with E-state index >= 15 is 0 Å². The topological polar surface area (TPSA) is 71.0 Å². The van der Waals surface area contributed by atoms with Crippen LogP contribution in [0.1, 0.15) is 19.8 Å². The summed E-state index contributed by atoms with van der Waals surface area (Å²) in [4.78, 5) is 1.93. The van der Waals surface area contributed by atoms with Crippen LogP contribution in [0.4, 0.5) is 0 Å². The van der Waals surface area contributed by atoms with E-state index < -0.39 is 6.10 Å². The molecule has 0 rings (SSSR count). The minimum atomic E-state index is -0.405. The quantitative estimate of drug-likeness (QED) is 0.647. The number of aliphatic hydroxyl groups excluding tert-OH is 1. The van der Waals surface area contributed by atoms with Crippen molar-refractivity contribution in [3.8, 4) is 12.1 Å². The number of rotatable bonds is 6. The van der Waals surface area contributed by atoms with Gasteiger partial charge in [-0.25, -0.2) is 0 Å². The molecular weight excluding hydrogens is 166 g/mol. The Kier molecular flexibility index (Phi) is 6.91. The molecule has 0 bridgehead atoms. The molecular formula is C9H15N3O. The zero-order valence-electron chi connectivity index (χ0n) is 7.90. The van der Waals surface area contributed by atoms with Gasteiger partial charge in [-0.05, 0) is 6.92 Å². The third-order valence-electron chi connectivity index (χ3n) is 1.60. The molecule has 0 aliphatic carbocycles. The van der Waals surface area contributed by atoms with Crippen LogP contribution in [0.5, 0.6) is 0 Å². The van der Waals surface area contributed by atoms with E-state index in [0.29, 0.717) is 32.5 Å². The second-order valence-corrected chi connectivity index (χ2v) is 2.97. The van der Waals surface area contributed by atoms with Gasteiger partial charge in [-0.3, -0.25) is 4.90 Å². The summed E-state index contributed by atoms with van der Waals surface area (Å²) in [5.74, 6) is 0. The second-order valence-electron chi connectivity index (χ2n) is 2.97. The molecule has 72 valence electrons. The first-order valence-corrected chi connectivity index (χ1v) is 4.35. The first-order chi connectivity index (χ1) is 6.20. The van der Waals surface area contributed by atoms with Crippen molar-refractivity contribution in [3.05, 3.63) is 0 Å². The third-order valence-corrected chi connectivity index (χ3v) is 1.60. The van der Waals surface area contributed by atoms with Crippen LogP contribution in [0.2, 0.25) is 0 Å². The maximum Gasteiger partial charge on any atom is 0.0639 e. The molecule has 0 radical (unpaired) electrons. The number of hydrogen-bond donors (Lipinski definition) is 1. The molecule has 1 N–H and O–H groups in total. The fourth-order valence-electron chi connectivity index (χ4n) is 1.08. The predicted molar refractivity (Wildman–Crippen MR) is 48.6 cm³/mol. The molecule has 0 aliphatic heterocycles. The zero-order chi connectivity index (χ0) is 10.1. The molecule has 0 aromatic carbocycles. The van der Waals surface area contributed by atoms with Crippen molar-refractivity contribution in [3.63, 3.8) is 0 Å². The molecule has 0 aromatic rings. The summed E-state index contributed by atoms with van der Waals surface area (Å²) in [5, 5.41) is 25.9. The molecule has 4 heteroatoms. The minimum Gasteiger partial charge on any atom is -0.392 e. The van der Waals surface area contributed by atoms with E-state index in [4.69, 9.17) is 15.6 Å². The second kappa shape index (κ2) is 7.54. The SMILES string of the molecule is CC(O)CN(CCC#N)CCC#N. The Hall–Kier alpha value is -1.10. The summed E-state index contributed by atoms with van der Waals surface area (Å²) < 4.78 is 0. The Morgan fingerprint density at radius 3 is 2.00 bits per heavy atom. The lowest BCUT2D eigenvalue weighted by atomic mass is 10.3. The van der Waals surface area contributed by atoms with Gasteiger partial charge in [-0.1, -0.05) is 0 Å². The van der Waals surface area contributed by atoms with Gasteiger partial charge in [-0.2, -0.15) is 10.5 Å². The van der Waals surface area contributed by atoms with Crippen molar-refractivity contribution in [1.82, 2.24) is 4.90 Å². The van der Waals surface area contributed by atoms with E-state index in [-0.39, 0.29) is 0 Å². The van der Waals surface area contributed by atoms with Crippen molar-refractivity contribution >= 4 is 0 Å². The molecule has 0 heterocycles. The highest BCUT2D eigenvalue weighted by atomic mass is 16.3. The van der Waals surface area contributed by atoms with Gasteiger partial charge in [0.05, 0.1) is 18.2 Å². The van der Waals surface area contributed by atoms with E-state index in [2.05, 4.69) is 0 Å². The number of hydrogen-bond acceptors (Lipinski definition) is 4. The van der Waals surface area contributed by atoms with E-state index in [0.717, 1.165) is 0 Å². The molecule has 0 amide bonds. The van der Waals surface area contributed by atoms with Crippen LogP contribution in [-0.4, -0.2) is 35.7 Å². The Labute approximate surface area is 79.0 Å². The van der Waals surface area contributed by atoms with Crippen LogP contribution in [0, 0.1) is 22.7 Å². The largest absolute Gasteiger partial charge is 0.392 e. The Morgan fingerprint density at radius 1 is 1.23 bits per heavy atom. The zero-order valence-corrected chi connectivity index (χ0v) is 7.90. The van der Waals surface area contributed by atoms with Crippen LogP contribution in [0.3, 0.4) is 0 Å². The van der Waals surface area contributed by atoms with Gasteiger partial charge in [0, 0.05) is 32.5 Å². The predicted octanol–water partition coefficient (Wildman–Crippen LogP) is 0.497. The molecule has 1 unspecified atom stereocenters. The maximum atomic E-state index is 9.11. The van der Waals surface area contributed by atoms with Gasteiger partial charge in [0.1, 0.15) is 0 Å². The number of aliphatic hydroxyl groups is 1. The third kappa shape index (κ3) is 7.27. The van der Waals surface area contributed by atoms with E-state index in [9.17, 15) is 0 Å². The van der Waals surface area contributed by atoms with Crippen LogP contribution >= 0.6 is 0 Å². The summed E-state index contributed by atoms with van der Waals surface area (Å²) in [5.41, 5.74) is 0. The first-order valence-electron chi connectivity index (χ1n) is 4.35. The summed E-state index contributed by atoms with van der Waals surface area (Å²) in [6.07, 6.45) is 0.480. The molecule has 1 atom stereocenters. The smallest absolute Gasteiger partial charge is 0.0639 e. The van der Waals surface area contributed by atoms with E-state index in [1.165, 1.54) is 0 Å². The van der Waals surface area contributed by atoms with Crippen molar-refractivity contribution in [1.29, 1.82) is 10.5 Å². The molecule has 0 saturated carbocycles. The van der Waals surface area contributed by atoms with Gasteiger partial charge in [0.2, 0.25) is 0 Å². The fraction of sp³-hybridized carbons (Fsp3) is 0.778. The van der Waals surface area contributed by atoms with Crippen molar-refractivity contribution < 1.29 is 5.11 Å². The highest BCUT2D eigenvalue weighted by molar-refractivity contribution is 4.77. The number of nitriles is 2. The summed E-state index contributed by atoms with van der Waals surface area (Å²) in [7, 11) is 0. The monoisotopic (exact) mass is 181 g/mol. The normalized spacial score (nSPS) is 12.1. The lowest BCUT2D eigenvalue weighted by Crippen LogP contribution is -2.32. The van der Waals surface area contributed by atoms with Crippen molar-refractivity contribution in [2.45, 2.75) is 25.9 Å². The molecule has 0 aromatic heterocycles. The summed E-state index contributed by atoms with van der Waals surface area (Å²) in [6.45, 7) is 3.49. The van der Waals surface area contributed by atoms with E-state index in [1.807, 2.05) is 17.0 Å². The Morgan fingerprint density at radius 2 is 1.69 bits per heavy atom. The van der Waals surface area contributed by atoms with Crippen LogP contribution in [0.25, 0.3) is 0 Å². The summed E-state index contributed by atoms with van der Waals surface area (Å²) in [6, 6.07) is 4.08. The molecule has 13 heavy (non-hydrogen) atoms.